The lowest BCUT2D eigenvalue weighted by Crippen LogP contribution is -2.43. The van der Waals surface area contributed by atoms with Crippen LogP contribution in [0.15, 0.2) is 24.3 Å². The van der Waals surface area contributed by atoms with E-state index in [0.29, 0.717) is 18.7 Å². The van der Waals surface area contributed by atoms with Gasteiger partial charge < -0.3 is 15.4 Å². The van der Waals surface area contributed by atoms with Crippen LogP contribution in [0.2, 0.25) is 0 Å². The number of ether oxygens (including phenoxy) is 1. The summed E-state index contributed by atoms with van der Waals surface area (Å²) in [5.41, 5.74) is 1.15. The number of carbonyl (C=O) groups is 2. The van der Waals surface area contributed by atoms with Crippen LogP contribution in [-0.2, 0) is 9.59 Å². The van der Waals surface area contributed by atoms with Crippen molar-refractivity contribution in [3.63, 3.8) is 0 Å². The lowest BCUT2D eigenvalue weighted by atomic mass is 10.1. The molecule has 0 saturated carbocycles. The number of aryl methyl sites for hydroxylation is 1. The van der Waals surface area contributed by atoms with Crippen molar-refractivity contribution in [2.24, 2.45) is 0 Å². The van der Waals surface area contributed by atoms with E-state index in [1.165, 1.54) is 0 Å². The average molecular weight is 290 g/mol. The first-order valence-corrected chi connectivity index (χ1v) is 7.39. The molecule has 0 bridgehead atoms. The summed E-state index contributed by atoms with van der Waals surface area (Å²) >= 11 is 0. The Morgan fingerprint density at radius 2 is 2.10 bits per heavy atom. The molecule has 0 radical (unpaired) electrons. The molecule has 1 aliphatic heterocycles. The Kier molecular flexibility index (Phi) is 5.60. The highest BCUT2D eigenvalue weighted by molar-refractivity contribution is 5.78. The van der Waals surface area contributed by atoms with Crippen molar-refractivity contribution in [3.8, 4) is 5.75 Å². The molecule has 2 rings (SSSR count). The van der Waals surface area contributed by atoms with Gasteiger partial charge in [-0.2, -0.15) is 0 Å². The molecule has 1 atom stereocenters. The van der Waals surface area contributed by atoms with E-state index in [1.807, 2.05) is 31.2 Å². The van der Waals surface area contributed by atoms with Gasteiger partial charge in [-0.15, -0.1) is 0 Å². The van der Waals surface area contributed by atoms with Gasteiger partial charge in [0, 0.05) is 19.0 Å². The summed E-state index contributed by atoms with van der Waals surface area (Å²) in [5, 5.41) is 5.72. The van der Waals surface area contributed by atoms with Gasteiger partial charge in [0.2, 0.25) is 5.91 Å². The molecule has 1 saturated heterocycles. The van der Waals surface area contributed by atoms with Crippen LogP contribution in [0.3, 0.4) is 0 Å². The SMILES string of the molecule is Cc1ccc(OCC(=O)NCC2CCCCC(=O)N2)cc1. The predicted molar refractivity (Wildman–Crippen MR) is 80.1 cm³/mol. The van der Waals surface area contributed by atoms with Crippen molar-refractivity contribution < 1.29 is 14.3 Å². The molecule has 5 nitrogen and oxygen atoms in total. The Bertz CT molecular complexity index is 485. The van der Waals surface area contributed by atoms with Crippen LogP contribution in [0.25, 0.3) is 0 Å². The standard InChI is InChI=1S/C16H22N2O3/c1-12-6-8-14(9-7-12)21-11-16(20)17-10-13-4-2-3-5-15(19)18-13/h6-9,13H,2-5,10-11H2,1H3,(H,17,20)(H,18,19). The molecule has 0 aliphatic carbocycles. The second-order valence-electron chi connectivity index (χ2n) is 5.42. The van der Waals surface area contributed by atoms with Crippen molar-refractivity contribution in [3.05, 3.63) is 29.8 Å². The third kappa shape index (κ3) is 5.45. The zero-order valence-corrected chi connectivity index (χ0v) is 12.4. The molecule has 1 unspecified atom stereocenters. The van der Waals surface area contributed by atoms with E-state index >= 15 is 0 Å². The van der Waals surface area contributed by atoms with Gasteiger partial charge in [-0.25, -0.2) is 0 Å². The minimum Gasteiger partial charge on any atom is -0.484 e. The molecule has 2 amide bonds. The topological polar surface area (TPSA) is 67.4 Å². The zero-order valence-electron chi connectivity index (χ0n) is 12.4. The summed E-state index contributed by atoms with van der Waals surface area (Å²) in [6, 6.07) is 7.59. The van der Waals surface area contributed by atoms with Crippen LogP contribution in [0.4, 0.5) is 0 Å². The summed E-state index contributed by atoms with van der Waals surface area (Å²) in [4.78, 5) is 23.2. The highest BCUT2D eigenvalue weighted by Crippen LogP contribution is 2.11. The maximum absolute atomic E-state index is 11.7. The van der Waals surface area contributed by atoms with Gasteiger partial charge in [0.15, 0.2) is 6.61 Å². The summed E-state index contributed by atoms with van der Waals surface area (Å²) in [6.45, 7) is 2.45. The van der Waals surface area contributed by atoms with Crippen molar-refractivity contribution in [1.82, 2.24) is 10.6 Å². The summed E-state index contributed by atoms with van der Waals surface area (Å²) in [6.07, 6.45) is 3.43. The van der Waals surface area contributed by atoms with Crippen LogP contribution in [0.1, 0.15) is 31.2 Å². The average Bonchev–Trinajstić information content (AvgIpc) is 2.69. The Morgan fingerprint density at radius 1 is 1.33 bits per heavy atom. The second kappa shape index (κ2) is 7.67. The molecule has 2 N–H and O–H groups in total. The Morgan fingerprint density at radius 3 is 2.86 bits per heavy atom. The Labute approximate surface area is 125 Å². The maximum atomic E-state index is 11.7. The first-order valence-electron chi connectivity index (χ1n) is 7.39. The highest BCUT2D eigenvalue weighted by atomic mass is 16.5. The maximum Gasteiger partial charge on any atom is 0.258 e. The van der Waals surface area contributed by atoms with Crippen LogP contribution < -0.4 is 15.4 Å². The molecule has 0 spiro atoms. The molecule has 1 heterocycles. The smallest absolute Gasteiger partial charge is 0.258 e. The molecule has 1 fully saturated rings. The van der Waals surface area contributed by atoms with Crippen molar-refractivity contribution in [2.75, 3.05) is 13.2 Å². The quantitative estimate of drug-likeness (QED) is 0.864. The fourth-order valence-corrected chi connectivity index (χ4v) is 2.27. The molecule has 21 heavy (non-hydrogen) atoms. The van der Waals surface area contributed by atoms with E-state index in [4.69, 9.17) is 4.74 Å². The molecule has 1 aromatic rings. The minimum atomic E-state index is -0.172. The molecule has 0 aromatic heterocycles. The van der Waals surface area contributed by atoms with Gasteiger partial charge in [0.25, 0.3) is 5.91 Å². The number of nitrogens with one attached hydrogen (secondary N) is 2. The van der Waals surface area contributed by atoms with E-state index in [-0.39, 0.29) is 24.5 Å². The summed E-state index contributed by atoms with van der Waals surface area (Å²) < 4.78 is 5.41. The Hall–Kier alpha value is -2.04. The third-order valence-electron chi connectivity index (χ3n) is 3.51. The van der Waals surface area contributed by atoms with Crippen LogP contribution in [-0.4, -0.2) is 31.0 Å². The lowest BCUT2D eigenvalue weighted by molar-refractivity contribution is -0.124. The molecule has 1 aliphatic rings. The number of hydrogen-bond donors (Lipinski definition) is 2. The number of benzene rings is 1. The van der Waals surface area contributed by atoms with Gasteiger partial charge in [-0.3, -0.25) is 9.59 Å². The first-order chi connectivity index (χ1) is 10.1. The molecule has 1 aromatic carbocycles. The number of rotatable bonds is 5. The normalized spacial score (nSPS) is 18.5. The van der Waals surface area contributed by atoms with Gasteiger partial charge >= 0.3 is 0 Å². The van der Waals surface area contributed by atoms with Gasteiger partial charge in [0.1, 0.15) is 5.75 Å². The van der Waals surface area contributed by atoms with Crippen LogP contribution >= 0.6 is 0 Å². The monoisotopic (exact) mass is 290 g/mol. The van der Waals surface area contributed by atoms with Crippen LogP contribution in [0.5, 0.6) is 5.75 Å². The zero-order chi connectivity index (χ0) is 15.1. The number of amides is 2. The van der Waals surface area contributed by atoms with Crippen molar-refractivity contribution >= 4 is 11.8 Å². The number of carbonyl (C=O) groups excluding carboxylic acids is 2. The number of hydrogen-bond acceptors (Lipinski definition) is 3. The molecule has 5 heteroatoms. The minimum absolute atomic E-state index is 0.0102. The first kappa shape index (κ1) is 15.4. The van der Waals surface area contributed by atoms with Crippen molar-refractivity contribution in [1.29, 1.82) is 0 Å². The lowest BCUT2D eigenvalue weighted by Gasteiger charge is -2.16. The van der Waals surface area contributed by atoms with E-state index in [2.05, 4.69) is 10.6 Å². The van der Waals surface area contributed by atoms with Gasteiger partial charge in [-0.05, 0) is 31.9 Å². The third-order valence-corrected chi connectivity index (χ3v) is 3.51. The van der Waals surface area contributed by atoms with Gasteiger partial charge in [0.05, 0.1) is 0 Å². The molecular formula is C16H22N2O3. The van der Waals surface area contributed by atoms with E-state index in [1.54, 1.807) is 0 Å². The van der Waals surface area contributed by atoms with E-state index in [0.717, 1.165) is 24.8 Å². The molecular weight excluding hydrogens is 268 g/mol. The van der Waals surface area contributed by atoms with E-state index in [9.17, 15) is 9.59 Å². The summed E-state index contributed by atoms with van der Waals surface area (Å²) in [7, 11) is 0. The Balaban J connectivity index is 1.69. The fourth-order valence-electron chi connectivity index (χ4n) is 2.27. The molecule has 114 valence electrons. The fraction of sp³-hybridized carbons (Fsp3) is 0.500. The predicted octanol–water partition coefficient (Wildman–Crippen LogP) is 1.55. The summed E-state index contributed by atoms with van der Waals surface area (Å²) in [5.74, 6) is 0.579. The highest BCUT2D eigenvalue weighted by Gasteiger charge is 2.16. The second-order valence-corrected chi connectivity index (χ2v) is 5.42. The largest absolute Gasteiger partial charge is 0.484 e. The van der Waals surface area contributed by atoms with Gasteiger partial charge in [-0.1, -0.05) is 24.1 Å². The van der Waals surface area contributed by atoms with Crippen molar-refractivity contribution in [2.45, 2.75) is 38.6 Å². The van der Waals surface area contributed by atoms with Crippen LogP contribution in [0, 0.1) is 6.92 Å². The van der Waals surface area contributed by atoms with E-state index < -0.39 is 0 Å².